The maximum absolute atomic E-state index is 5.15. The summed E-state index contributed by atoms with van der Waals surface area (Å²) < 4.78 is 3.54. The van der Waals surface area contributed by atoms with Crippen LogP contribution < -0.4 is 0 Å². The minimum atomic E-state index is 0.653. The predicted octanol–water partition coefficient (Wildman–Crippen LogP) is 12.0. The monoisotopic (exact) mass is 656 g/mol. The van der Waals surface area contributed by atoms with E-state index >= 15 is 0 Å². The van der Waals surface area contributed by atoms with Gasteiger partial charge < -0.3 is 4.57 Å². The van der Waals surface area contributed by atoms with Crippen molar-refractivity contribution in [3.05, 3.63) is 170 Å². The van der Waals surface area contributed by atoms with E-state index < -0.39 is 0 Å². The molecule has 50 heavy (non-hydrogen) atoms. The number of hydrogen-bond acceptors (Lipinski definition) is 4. The van der Waals surface area contributed by atoms with Crippen LogP contribution >= 0.6 is 11.3 Å². The second-order valence-electron chi connectivity index (χ2n) is 12.5. The molecule has 0 aliphatic carbocycles. The molecule has 234 valence electrons. The number of rotatable bonds is 5. The molecule has 10 aromatic rings. The lowest BCUT2D eigenvalue weighted by atomic mass is 10.00. The number of para-hydroxylation sites is 2. The van der Waals surface area contributed by atoms with Crippen molar-refractivity contribution in [3.8, 4) is 50.3 Å². The second kappa shape index (κ2) is 11.6. The predicted molar refractivity (Wildman–Crippen MR) is 209 cm³/mol. The zero-order chi connectivity index (χ0) is 33.0. The minimum Gasteiger partial charge on any atom is -0.309 e. The fraction of sp³-hybridized carbons (Fsp3) is 0. The van der Waals surface area contributed by atoms with E-state index in [1.165, 1.54) is 37.5 Å². The molecule has 4 nitrogen and oxygen atoms in total. The van der Waals surface area contributed by atoms with Crippen molar-refractivity contribution >= 4 is 54.0 Å². The van der Waals surface area contributed by atoms with Crippen LogP contribution in [0.4, 0.5) is 0 Å². The van der Waals surface area contributed by atoms with Crippen LogP contribution in [0.3, 0.4) is 0 Å². The molecule has 0 saturated heterocycles. The topological polar surface area (TPSA) is 43.6 Å². The summed E-state index contributed by atoms with van der Waals surface area (Å²) in [6.07, 6.45) is 0. The molecular formula is C45H28N4S. The average Bonchev–Trinajstić information content (AvgIpc) is 3.77. The molecule has 0 bridgehead atoms. The van der Waals surface area contributed by atoms with Gasteiger partial charge in [-0.15, -0.1) is 11.3 Å². The first-order valence-corrected chi connectivity index (χ1v) is 17.5. The van der Waals surface area contributed by atoms with E-state index in [4.69, 9.17) is 15.0 Å². The highest BCUT2D eigenvalue weighted by Crippen LogP contribution is 2.37. The molecule has 0 atom stereocenters. The summed E-state index contributed by atoms with van der Waals surface area (Å²) in [6, 6.07) is 59.9. The minimum absolute atomic E-state index is 0.653. The van der Waals surface area contributed by atoms with Gasteiger partial charge in [-0.25, -0.2) is 15.0 Å². The average molecular weight is 657 g/mol. The van der Waals surface area contributed by atoms with Crippen LogP contribution in [0.2, 0.25) is 0 Å². The summed E-state index contributed by atoms with van der Waals surface area (Å²) in [5.74, 6) is 1.99. The van der Waals surface area contributed by atoms with Crippen LogP contribution in [0.25, 0.3) is 93.0 Å². The largest absolute Gasteiger partial charge is 0.309 e. The van der Waals surface area contributed by atoms with Crippen molar-refractivity contribution in [1.29, 1.82) is 0 Å². The Morgan fingerprint density at radius 1 is 0.380 bits per heavy atom. The summed E-state index contributed by atoms with van der Waals surface area (Å²) in [7, 11) is 0. The lowest BCUT2D eigenvalue weighted by molar-refractivity contribution is 1.08. The molecule has 0 aliphatic rings. The normalized spacial score (nSPS) is 11.6. The highest BCUT2D eigenvalue weighted by molar-refractivity contribution is 7.22. The number of benzene rings is 7. The molecule has 0 radical (unpaired) electrons. The van der Waals surface area contributed by atoms with Crippen LogP contribution in [-0.2, 0) is 0 Å². The first-order chi connectivity index (χ1) is 24.7. The molecule has 10 rings (SSSR count). The standard InChI is InChI=1S/C45H28N4S/c1-3-11-29(12-4-1)30-19-20-32-26-34(22-21-31(32)25-30)43-46-44(48-45(47-43)42-28-33-13-7-10-18-41(33)50-42)35-23-24-40-38(27-35)37-16-8-9-17-39(37)49(40)36-14-5-2-6-15-36/h1-28H. The molecule has 0 spiro atoms. The molecule has 0 fully saturated rings. The van der Waals surface area contributed by atoms with E-state index in [0.29, 0.717) is 17.5 Å². The summed E-state index contributed by atoms with van der Waals surface area (Å²) in [5.41, 5.74) is 7.75. The van der Waals surface area contributed by atoms with Crippen molar-refractivity contribution in [1.82, 2.24) is 19.5 Å². The second-order valence-corrected chi connectivity index (χ2v) is 13.6. The Bertz CT molecular complexity index is 2840. The van der Waals surface area contributed by atoms with Crippen LogP contribution in [0.15, 0.2) is 170 Å². The van der Waals surface area contributed by atoms with E-state index in [2.05, 4.69) is 168 Å². The Morgan fingerprint density at radius 3 is 1.78 bits per heavy atom. The Hall–Kier alpha value is -6.43. The lowest BCUT2D eigenvalue weighted by Gasteiger charge is -2.10. The number of aromatic nitrogens is 4. The van der Waals surface area contributed by atoms with Crippen LogP contribution in [0.1, 0.15) is 0 Å². The lowest BCUT2D eigenvalue weighted by Crippen LogP contribution is -1.99. The van der Waals surface area contributed by atoms with E-state index in [9.17, 15) is 0 Å². The van der Waals surface area contributed by atoms with Gasteiger partial charge in [0.25, 0.3) is 0 Å². The maximum Gasteiger partial charge on any atom is 0.174 e. The maximum atomic E-state index is 5.15. The molecular weight excluding hydrogens is 629 g/mol. The van der Waals surface area contributed by atoms with E-state index in [-0.39, 0.29) is 0 Å². The Morgan fingerprint density at radius 2 is 0.980 bits per heavy atom. The van der Waals surface area contributed by atoms with E-state index in [0.717, 1.165) is 38.0 Å². The molecule has 0 N–H and O–H groups in total. The molecule has 0 unspecified atom stereocenters. The van der Waals surface area contributed by atoms with Gasteiger partial charge in [0.2, 0.25) is 0 Å². The third-order valence-electron chi connectivity index (χ3n) is 9.43. The van der Waals surface area contributed by atoms with Gasteiger partial charge in [0.05, 0.1) is 15.9 Å². The zero-order valence-electron chi connectivity index (χ0n) is 26.9. The summed E-state index contributed by atoms with van der Waals surface area (Å²) in [6.45, 7) is 0. The number of thiophene rings is 1. The fourth-order valence-electron chi connectivity index (χ4n) is 7.00. The quantitative estimate of drug-likeness (QED) is 0.185. The first kappa shape index (κ1) is 28.6. The summed E-state index contributed by atoms with van der Waals surface area (Å²) in [4.78, 5) is 16.4. The Labute approximate surface area is 292 Å². The van der Waals surface area contributed by atoms with Gasteiger partial charge in [-0.2, -0.15) is 0 Å². The molecule has 5 heteroatoms. The summed E-state index contributed by atoms with van der Waals surface area (Å²) >= 11 is 1.71. The molecule has 0 saturated carbocycles. The van der Waals surface area contributed by atoms with Gasteiger partial charge >= 0.3 is 0 Å². The van der Waals surface area contributed by atoms with Gasteiger partial charge in [-0.3, -0.25) is 0 Å². The van der Waals surface area contributed by atoms with E-state index in [1.54, 1.807) is 11.3 Å². The van der Waals surface area contributed by atoms with Gasteiger partial charge in [-0.1, -0.05) is 109 Å². The van der Waals surface area contributed by atoms with Crippen molar-refractivity contribution in [2.75, 3.05) is 0 Å². The van der Waals surface area contributed by atoms with Crippen molar-refractivity contribution in [2.24, 2.45) is 0 Å². The van der Waals surface area contributed by atoms with Gasteiger partial charge in [0.1, 0.15) is 0 Å². The third kappa shape index (κ3) is 4.87. The van der Waals surface area contributed by atoms with E-state index in [1.807, 2.05) is 6.07 Å². The van der Waals surface area contributed by atoms with Gasteiger partial charge in [-0.05, 0) is 87.9 Å². The molecule has 7 aromatic carbocycles. The Balaban J connectivity index is 1.15. The molecule has 3 aromatic heterocycles. The van der Waals surface area contributed by atoms with Crippen LogP contribution in [-0.4, -0.2) is 19.5 Å². The van der Waals surface area contributed by atoms with Crippen LogP contribution in [0.5, 0.6) is 0 Å². The highest BCUT2D eigenvalue weighted by Gasteiger charge is 2.18. The van der Waals surface area contributed by atoms with Crippen molar-refractivity contribution in [3.63, 3.8) is 0 Å². The highest BCUT2D eigenvalue weighted by atomic mass is 32.1. The number of hydrogen-bond donors (Lipinski definition) is 0. The molecule has 0 aliphatic heterocycles. The summed E-state index contributed by atoms with van der Waals surface area (Å²) in [5, 5.41) is 5.85. The number of fused-ring (bicyclic) bond motifs is 5. The van der Waals surface area contributed by atoms with Crippen molar-refractivity contribution in [2.45, 2.75) is 0 Å². The SMILES string of the molecule is c1ccc(-c2ccc3cc(-c4nc(-c5ccc6c(c5)c5ccccc5n6-c5ccccc5)nc(-c5cc6ccccc6s5)n4)ccc3c2)cc1. The van der Waals surface area contributed by atoms with Gasteiger partial charge in [0.15, 0.2) is 17.5 Å². The number of nitrogens with zero attached hydrogens (tertiary/aromatic N) is 4. The molecule has 3 heterocycles. The Kier molecular flexibility index (Phi) is 6.64. The first-order valence-electron chi connectivity index (χ1n) is 16.7. The fourth-order valence-corrected chi connectivity index (χ4v) is 8.00. The third-order valence-corrected chi connectivity index (χ3v) is 10.5. The van der Waals surface area contributed by atoms with Crippen molar-refractivity contribution < 1.29 is 0 Å². The van der Waals surface area contributed by atoms with Crippen LogP contribution in [0, 0.1) is 0 Å². The smallest absolute Gasteiger partial charge is 0.174 e. The molecule has 0 amide bonds. The zero-order valence-corrected chi connectivity index (χ0v) is 27.7. The van der Waals surface area contributed by atoms with Gasteiger partial charge in [0, 0.05) is 32.3 Å².